The molecule has 2 aliphatic heterocycles. The molecule has 0 radical (unpaired) electrons. The third kappa shape index (κ3) is 12.5. The van der Waals surface area contributed by atoms with Gasteiger partial charge in [0.05, 0.1) is 10.5 Å². The third-order valence-electron chi connectivity index (χ3n) is 6.16. The van der Waals surface area contributed by atoms with E-state index >= 15 is 0 Å². The molecule has 0 spiro atoms. The Morgan fingerprint density at radius 2 is 0.638 bits per heavy atom. The summed E-state index contributed by atoms with van der Waals surface area (Å²) in [6.45, 7) is 8.04. The van der Waals surface area contributed by atoms with Crippen LogP contribution in [0.25, 0.3) is 0 Å². The van der Waals surface area contributed by atoms with Crippen LogP contribution in [0, 0.1) is 0 Å². The summed E-state index contributed by atoms with van der Waals surface area (Å²) in [4.78, 5) is 96.7. The minimum Gasteiger partial charge on any atom is -0.465 e. The van der Waals surface area contributed by atoms with E-state index in [1.807, 2.05) is 0 Å². The number of hydrogen-bond donors (Lipinski definition) is 0. The molecule has 2 rings (SSSR count). The molecule has 0 amide bonds. The molecular weight excluding hydrogens is 672 g/mol. The molecule has 0 aromatic heterocycles. The van der Waals surface area contributed by atoms with Gasteiger partial charge in [0.1, 0.15) is 24.1 Å². The molecule has 19 heteroatoms. The largest absolute Gasteiger partial charge is 0.465 e. The summed E-state index contributed by atoms with van der Waals surface area (Å²) in [6, 6.07) is 0. The molecular formula is C28H38O17S2. The van der Waals surface area contributed by atoms with Crippen molar-refractivity contribution in [1.29, 1.82) is 0 Å². The van der Waals surface area contributed by atoms with E-state index in [0.29, 0.717) is 0 Å². The Bertz CT molecular complexity index is 1120. The first-order valence-electron chi connectivity index (χ1n) is 14.2. The van der Waals surface area contributed by atoms with Crippen LogP contribution >= 0.6 is 23.5 Å². The molecule has 0 unspecified atom stereocenters. The summed E-state index contributed by atoms with van der Waals surface area (Å²) in [6.07, 6.45) is -8.50. The van der Waals surface area contributed by atoms with E-state index in [0.717, 1.165) is 78.9 Å². The molecule has 47 heavy (non-hydrogen) atoms. The molecule has 2 heterocycles. The van der Waals surface area contributed by atoms with Gasteiger partial charge in [0, 0.05) is 55.4 Å². The van der Waals surface area contributed by atoms with E-state index in [1.165, 1.54) is 0 Å². The SMILES string of the molecule is CC(=O)OC[C@@H]1S[C@H](O[C@H]2S[C@@H](COC(C)=O)[C@@H](OC(C)=O)[C@H](OC(C)=O)[C@H]2OC(C)=O)[C@H](OC(C)=O)[C@@H](OC(C)=O)[C@@H]1OC(C)=O. The Morgan fingerprint density at radius 3 is 0.894 bits per heavy atom. The van der Waals surface area contributed by atoms with Gasteiger partial charge in [-0.05, 0) is 0 Å². The summed E-state index contributed by atoms with van der Waals surface area (Å²) < 4.78 is 49.7. The number of carbonyl (C=O) groups is 8. The zero-order valence-electron chi connectivity index (χ0n) is 26.9. The van der Waals surface area contributed by atoms with Crippen molar-refractivity contribution in [3.63, 3.8) is 0 Å². The highest BCUT2D eigenvalue weighted by Crippen LogP contribution is 2.44. The lowest BCUT2D eigenvalue weighted by atomic mass is 10.0. The van der Waals surface area contributed by atoms with Gasteiger partial charge in [0.25, 0.3) is 0 Å². The average Bonchev–Trinajstić information content (AvgIpc) is 2.91. The van der Waals surface area contributed by atoms with Crippen LogP contribution in [0.3, 0.4) is 0 Å². The van der Waals surface area contributed by atoms with Crippen LogP contribution in [0.1, 0.15) is 55.4 Å². The van der Waals surface area contributed by atoms with Gasteiger partial charge in [0.2, 0.25) is 0 Å². The minimum absolute atomic E-state index is 0.368. The molecule has 0 aromatic rings. The maximum atomic E-state index is 12.3. The van der Waals surface area contributed by atoms with Crippen LogP contribution in [-0.2, 0) is 81.0 Å². The van der Waals surface area contributed by atoms with Crippen LogP contribution in [-0.4, -0.2) is 119 Å². The monoisotopic (exact) mass is 710 g/mol. The van der Waals surface area contributed by atoms with Crippen molar-refractivity contribution in [3.05, 3.63) is 0 Å². The zero-order valence-corrected chi connectivity index (χ0v) is 28.6. The van der Waals surface area contributed by atoms with Crippen molar-refractivity contribution in [2.24, 2.45) is 0 Å². The average molecular weight is 711 g/mol. The maximum Gasteiger partial charge on any atom is 0.303 e. The van der Waals surface area contributed by atoms with Crippen LogP contribution < -0.4 is 0 Å². The van der Waals surface area contributed by atoms with E-state index in [4.69, 9.17) is 42.6 Å². The van der Waals surface area contributed by atoms with E-state index in [9.17, 15) is 38.4 Å². The van der Waals surface area contributed by atoms with Crippen molar-refractivity contribution in [2.45, 2.75) is 113 Å². The lowest BCUT2D eigenvalue weighted by Gasteiger charge is -2.47. The standard InChI is InChI=1S/C28H38O17S2/c1-11(29)37-9-19-21(39-13(3)31)23(41-15(5)33)25(43-17(7)35)27(46-19)45-28-26(44-18(8)36)24(42-16(6)34)22(40-14(4)32)20(47-28)10-38-12(2)30/h19-28H,9-10H2,1-8H3/t19-,20-,21+,22+,23-,24-,25+,26+,27-,28-/m0/s1. The predicted octanol–water partition coefficient (Wildman–Crippen LogP) is 0.602. The number of carbonyl (C=O) groups excluding carboxylic acids is 8. The number of ether oxygens (including phenoxy) is 9. The van der Waals surface area contributed by atoms with Gasteiger partial charge in [0.15, 0.2) is 36.6 Å². The third-order valence-corrected chi connectivity index (χ3v) is 8.97. The normalized spacial score (nSPS) is 30.0. The van der Waals surface area contributed by atoms with Gasteiger partial charge in [-0.1, -0.05) is 0 Å². The molecule has 264 valence electrons. The van der Waals surface area contributed by atoms with Gasteiger partial charge in [-0.3, -0.25) is 38.4 Å². The van der Waals surface area contributed by atoms with Crippen LogP contribution in [0.4, 0.5) is 0 Å². The molecule has 0 aliphatic carbocycles. The van der Waals surface area contributed by atoms with Crippen molar-refractivity contribution < 1.29 is 81.0 Å². The van der Waals surface area contributed by atoms with Crippen LogP contribution in [0.15, 0.2) is 0 Å². The van der Waals surface area contributed by atoms with Crippen LogP contribution in [0.2, 0.25) is 0 Å². The Hall–Kier alpha value is -3.58. The van der Waals surface area contributed by atoms with Gasteiger partial charge in [-0.15, -0.1) is 23.5 Å². The second-order valence-corrected chi connectivity index (χ2v) is 13.0. The van der Waals surface area contributed by atoms with Crippen LogP contribution in [0.5, 0.6) is 0 Å². The highest BCUT2D eigenvalue weighted by molar-refractivity contribution is 8.01. The first-order valence-corrected chi connectivity index (χ1v) is 16.0. The molecule has 17 nitrogen and oxygen atoms in total. The predicted molar refractivity (Wildman–Crippen MR) is 158 cm³/mol. The minimum atomic E-state index is -1.48. The van der Waals surface area contributed by atoms with Gasteiger partial charge < -0.3 is 42.6 Å². The summed E-state index contributed by atoms with van der Waals surface area (Å²) in [5.41, 5.74) is -2.63. The first-order chi connectivity index (χ1) is 21.9. The quantitative estimate of drug-likeness (QED) is 0.200. The van der Waals surface area contributed by atoms with Crippen molar-refractivity contribution in [2.75, 3.05) is 13.2 Å². The first kappa shape index (κ1) is 39.6. The second-order valence-electron chi connectivity index (χ2n) is 10.3. The fraction of sp³-hybridized carbons (Fsp3) is 0.714. The van der Waals surface area contributed by atoms with Crippen molar-refractivity contribution >= 4 is 71.3 Å². The molecule has 0 bridgehead atoms. The van der Waals surface area contributed by atoms with Gasteiger partial charge in [-0.25, -0.2) is 0 Å². The molecule has 0 saturated carbocycles. The Labute approximate surface area is 278 Å². The lowest BCUT2D eigenvalue weighted by Crippen LogP contribution is -2.62. The van der Waals surface area contributed by atoms with E-state index in [2.05, 4.69) is 0 Å². The second kappa shape index (κ2) is 18.1. The number of rotatable bonds is 12. The molecule has 2 aliphatic rings. The Balaban J connectivity index is 2.69. The number of esters is 8. The summed E-state index contributed by atoms with van der Waals surface area (Å²) in [5, 5.41) is -1.92. The summed E-state index contributed by atoms with van der Waals surface area (Å²) >= 11 is 1.78. The fourth-order valence-corrected chi connectivity index (χ4v) is 7.61. The summed E-state index contributed by atoms with van der Waals surface area (Å²) in [7, 11) is 0. The summed E-state index contributed by atoms with van der Waals surface area (Å²) in [5.74, 6) is -6.28. The molecule has 2 saturated heterocycles. The van der Waals surface area contributed by atoms with E-state index in [-0.39, 0.29) is 13.2 Å². The molecule has 0 aromatic carbocycles. The highest BCUT2D eigenvalue weighted by atomic mass is 32.2. The lowest BCUT2D eigenvalue weighted by molar-refractivity contribution is -0.206. The van der Waals surface area contributed by atoms with Crippen molar-refractivity contribution in [1.82, 2.24) is 0 Å². The topological polar surface area (TPSA) is 220 Å². The van der Waals surface area contributed by atoms with Gasteiger partial charge in [-0.2, -0.15) is 0 Å². The van der Waals surface area contributed by atoms with Crippen molar-refractivity contribution in [3.8, 4) is 0 Å². The Morgan fingerprint density at radius 1 is 0.383 bits per heavy atom. The van der Waals surface area contributed by atoms with E-state index in [1.54, 1.807) is 0 Å². The number of thioether (sulfide) groups is 2. The molecule has 0 N–H and O–H groups in total. The highest BCUT2D eigenvalue weighted by Gasteiger charge is 2.57. The zero-order chi connectivity index (χ0) is 35.6. The molecule has 10 atom stereocenters. The number of hydrogen-bond acceptors (Lipinski definition) is 19. The smallest absolute Gasteiger partial charge is 0.303 e. The molecule has 2 fully saturated rings. The van der Waals surface area contributed by atoms with Gasteiger partial charge >= 0.3 is 47.8 Å². The van der Waals surface area contributed by atoms with E-state index < -0.39 is 106 Å². The Kier molecular flexibility index (Phi) is 15.2. The fourth-order valence-electron chi connectivity index (χ4n) is 4.73. The maximum absolute atomic E-state index is 12.3.